The molecule has 0 aliphatic carbocycles. The maximum absolute atomic E-state index is 12.8. The van der Waals surface area contributed by atoms with Gasteiger partial charge in [-0.1, -0.05) is 0 Å². The highest BCUT2D eigenvalue weighted by Gasteiger charge is 2.27. The minimum absolute atomic E-state index is 0.0326. The van der Waals surface area contributed by atoms with Gasteiger partial charge in [-0.15, -0.1) is 0 Å². The first-order chi connectivity index (χ1) is 21.9. The SMILES string of the molecule is NCCCC(CC(=O)CC[C@H](NC(=O)c1ccc(NCc2cnc3nc(N)[nH]c(=O)c3n2)cc1)C(=O)O)C(=O)N[C@@H](CS)C(=O)O. The number of carbonyl (C=O) groups excluding carboxylic acids is 3. The number of nitrogens with two attached hydrogens (primary N) is 2. The van der Waals surface area contributed by atoms with Crippen molar-refractivity contribution in [1.82, 2.24) is 30.6 Å². The first-order valence-electron chi connectivity index (χ1n) is 14.2. The van der Waals surface area contributed by atoms with Gasteiger partial charge >= 0.3 is 11.9 Å². The highest BCUT2D eigenvalue weighted by molar-refractivity contribution is 7.80. The fourth-order valence-corrected chi connectivity index (χ4v) is 4.58. The first-order valence-corrected chi connectivity index (χ1v) is 14.8. The molecule has 2 aromatic heterocycles. The average molecular weight is 658 g/mol. The van der Waals surface area contributed by atoms with Crippen molar-refractivity contribution in [3.8, 4) is 0 Å². The molecule has 246 valence electrons. The summed E-state index contributed by atoms with van der Waals surface area (Å²) in [6.07, 6.45) is 1.38. The summed E-state index contributed by atoms with van der Waals surface area (Å²) in [4.78, 5) is 87.9. The molecule has 1 aromatic carbocycles. The van der Waals surface area contributed by atoms with E-state index >= 15 is 0 Å². The number of thiol groups is 1. The Bertz CT molecular complexity index is 1630. The largest absolute Gasteiger partial charge is 0.480 e. The summed E-state index contributed by atoms with van der Waals surface area (Å²) >= 11 is 3.92. The Kier molecular flexibility index (Phi) is 12.9. The van der Waals surface area contributed by atoms with Crippen molar-refractivity contribution in [3.63, 3.8) is 0 Å². The number of nitrogens with zero attached hydrogens (tertiary/aromatic N) is 3. The van der Waals surface area contributed by atoms with Crippen molar-refractivity contribution < 1.29 is 34.2 Å². The molecule has 3 aromatic rings. The number of fused-ring (bicyclic) bond motifs is 1. The second kappa shape index (κ2) is 16.8. The summed E-state index contributed by atoms with van der Waals surface area (Å²) in [5.74, 6) is -5.41. The van der Waals surface area contributed by atoms with E-state index in [1.165, 1.54) is 18.3 Å². The van der Waals surface area contributed by atoms with Gasteiger partial charge in [-0.05, 0) is 50.1 Å². The van der Waals surface area contributed by atoms with Crippen LogP contribution in [0, 0.1) is 5.92 Å². The van der Waals surface area contributed by atoms with Gasteiger partial charge in [0.2, 0.25) is 11.9 Å². The van der Waals surface area contributed by atoms with Crippen LogP contribution >= 0.6 is 12.6 Å². The molecule has 3 rings (SSSR count). The molecule has 0 radical (unpaired) electrons. The zero-order valence-corrected chi connectivity index (χ0v) is 25.5. The molecule has 1 unspecified atom stereocenters. The molecule has 0 spiro atoms. The zero-order chi connectivity index (χ0) is 33.8. The maximum Gasteiger partial charge on any atom is 0.327 e. The zero-order valence-electron chi connectivity index (χ0n) is 24.6. The van der Waals surface area contributed by atoms with Gasteiger partial charge in [0.25, 0.3) is 11.5 Å². The molecule has 18 heteroatoms. The Morgan fingerprint density at radius 2 is 1.67 bits per heavy atom. The van der Waals surface area contributed by atoms with Crippen molar-refractivity contribution in [2.45, 2.75) is 50.7 Å². The molecular formula is C28H35N9O8S. The topological polar surface area (TPSA) is 285 Å². The number of H-pyrrole nitrogens is 1. The fourth-order valence-electron chi connectivity index (χ4n) is 4.33. The van der Waals surface area contributed by atoms with E-state index in [1.807, 2.05) is 0 Å². The van der Waals surface area contributed by atoms with Crippen molar-refractivity contribution in [3.05, 3.63) is 52.1 Å². The predicted molar refractivity (Wildman–Crippen MR) is 169 cm³/mol. The van der Waals surface area contributed by atoms with Crippen LogP contribution in [0.2, 0.25) is 0 Å². The van der Waals surface area contributed by atoms with E-state index in [-0.39, 0.29) is 67.2 Å². The van der Waals surface area contributed by atoms with Crippen LogP contribution in [-0.2, 0) is 25.7 Å². The van der Waals surface area contributed by atoms with Crippen LogP contribution in [-0.4, -0.2) is 84.1 Å². The van der Waals surface area contributed by atoms with Crippen LogP contribution in [0.15, 0.2) is 35.3 Å². The van der Waals surface area contributed by atoms with Crippen LogP contribution in [0.1, 0.15) is 48.2 Å². The minimum atomic E-state index is -1.38. The highest BCUT2D eigenvalue weighted by Crippen LogP contribution is 2.16. The molecule has 0 fully saturated rings. The van der Waals surface area contributed by atoms with Crippen molar-refractivity contribution >= 4 is 65.0 Å². The number of amides is 2. The summed E-state index contributed by atoms with van der Waals surface area (Å²) in [7, 11) is 0. The number of carboxylic acids is 2. The Morgan fingerprint density at radius 3 is 2.30 bits per heavy atom. The summed E-state index contributed by atoms with van der Waals surface area (Å²) in [6, 6.07) is 3.51. The Labute approximate surface area is 267 Å². The molecule has 3 atom stereocenters. The lowest BCUT2D eigenvalue weighted by molar-refractivity contribution is -0.142. The molecule has 2 heterocycles. The molecule has 0 bridgehead atoms. The third-order valence-corrected chi connectivity index (χ3v) is 7.19. The van der Waals surface area contributed by atoms with E-state index in [1.54, 1.807) is 12.1 Å². The average Bonchev–Trinajstić information content (AvgIpc) is 3.02. The molecule has 0 saturated heterocycles. The molecular weight excluding hydrogens is 622 g/mol. The summed E-state index contributed by atoms with van der Waals surface area (Å²) in [5, 5.41) is 26.7. The van der Waals surface area contributed by atoms with Gasteiger partial charge in [0.15, 0.2) is 11.2 Å². The van der Waals surface area contributed by atoms with Gasteiger partial charge in [0.05, 0.1) is 18.4 Å². The number of nitrogens with one attached hydrogen (secondary N) is 4. The molecule has 17 nitrogen and oxygen atoms in total. The third kappa shape index (κ3) is 10.2. The van der Waals surface area contributed by atoms with Gasteiger partial charge in [-0.2, -0.15) is 17.6 Å². The van der Waals surface area contributed by atoms with E-state index in [0.717, 1.165) is 0 Å². The number of anilines is 2. The van der Waals surface area contributed by atoms with Gasteiger partial charge < -0.3 is 37.6 Å². The van der Waals surface area contributed by atoms with E-state index < -0.39 is 53.1 Å². The number of benzene rings is 1. The van der Waals surface area contributed by atoms with E-state index in [2.05, 4.69) is 48.5 Å². The molecule has 46 heavy (non-hydrogen) atoms. The number of hydrogen-bond acceptors (Lipinski definition) is 13. The predicted octanol–water partition coefficient (Wildman–Crippen LogP) is -0.316. The number of carbonyl (C=O) groups is 5. The normalized spacial score (nSPS) is 12.9. The fraction of sp³-hybridized carbons (Fsp3) is 0.393. The summed E-state index contributed by atoms with van der Waals surface area (Å²) in [5.41, 5.74) is 11.9. The number of hydrogen-bond donors (Lipinski definition) is 9. The van der Waals surface area contributed by atoms with Crippen LogP contribution in [0.5, 0.6) is 0 Å². The minimum Gasteiger partial charge on any atom is -0.480 e. The standard InChI is InChI=1S/C28H35N9O8S/c29-9-1-2-15(24(40)35-20(13-46)27(44)45)10-18(38)7-8-19(26(42)43)34-23(39)14-3-5-16(6-4-14)31-11-17-12-32-22-21(33-17)25(41)37-28(30)36-22/h3-6,12,15,19-20,31,46H,1-2,7-11,13,29H2,(H,34,39)(H,35,40)(H,42,43)(H,44,45)(H3,30,32,36,37,41)/t15?,19-,20-/m0/s1. The number of carboxylic acid groups (broad SMARTS) is 2. The third-order valence-electron chi connectivity index (χ3n) is 6.82. The second-order valence-corrected chi connectivity index (χ2v) is 10.6. The lowest BCUT2D eigenvalue weighted by Gasteiger charge is -2.19. The molecule has 2 amide bonds. The van der Waals surface area contributed by atoms with Crippen LogP contribution in [0.25, 0.3) is 11.2 Å². The number of aromatic nitrogens is 4. The highest BCUT2D eigenvalue weighted by atomic mass is 32.1. The smallest absolute Gasteiger partial charge is 0.327 e. The van der Waals surface area contributed by atoms with Crippen LogP contribution < -0.4 is 33.0 Å². The monoisotopic (exact) mass is 657 g/mol. The lowest BCUT2D eigenvalue weighted by atomic mass is 9.93. The van der Waals surface area contributed by atoms with Gasteiger partial charge in [0, 0.05) is 35.8 Å². The number of rotatable bonds is 18. The summed E-state index contributed by atoms with van der Waals surface area (Å²) < 4.78 is 0. The molecule has 0 aliphatic rings. The van der Waals surface area contributed by atoms with Gasteiger partial charge in [-0.25, -0.2) is 19.6 Å². The summed E-state index contributed by atoms with van der Waals surface area (Å²) in [6.45, 7) is 0.449. The Morgan fingerprint density at radius 1 is 0.978 bits per heavy atom. The van der Waals surface area contributed by atoms with Crippen molar-refractivity contribution in [2.75, 3.05) is 23.3 Å². The van der Waals surface area contributed by atoms with E-state index in [9.17, 15) is 39.0 Å². The molecule has 0 saturated carbocycles. The van der Waals surface area contributed by atoms with E-state index in [0.29, 0.717) is 17.8 Å². The Balaban J connectivity index is 1.54. The number of nitrogen functional groups attached to an aromatic ring is 1. The molecule has 10 N–H and O–H groups in total. The van der Waals surface area contributed by atoms with Crippen LogP contribution in [0.3, 0.4) is 0 Å². The maximum atomic E-state index is 12.8. The second-order valence-electron chi connectivity index (χ2n) is 10.3. The van der Waals surface area contributed by atoms with Crippen LogP contribution in [0.4, 0.5) is 11.6 Å². The van der Waals surface area contributed by atoms with Crippen molar-refractivity contribution in [1.29, 1.82) is 0 Å². The number of ketones is 1. The van der Waals surface area contributed by atoms with Crippen molar-refractivity contribution in [2.24, 2.45) is 11.7 Å². The first kappa shape index (κ1) is 35.4. The number of aliphatic carboxylic acids is 2. The van der Waals surface area contributed by atoms with Gasteiger partial charge in [-0.3, -0.25) is 24.2 Å². The number of Topliss-reactive ketones (excluding diaryl/α,β-unsaturated/α-hetero) is 1. The molecule has 0 aliphatic heterocycles. The number of aromatic amines is 1. The van der Waals surface area contributed by atoms with Gasteiger partial charge in [0.1, 0.15) is 17.9 Å². The quantitative estimate of drug-likeness (QED) is 0.0793. The Hall–Kier alpha value is -5.10. The van der Waals surface area contributed by atoms with E-state index in [4.69, 9.17) is 11.5 Å². The lowest BCUT2D eigenvalue weighted by Crippen LogP contribution is -2.45.